The van der Waals surface area contributed by atoms with Crippen molar-refractivity contribution < 1.29 is 5.21 Å². The topological polar surface area (TPSA) is 32.6 Å². The van der Waals surface area contributed by atoms with Gasteiger partial charge in [-0.2, -0.15) is 0 Å². The average molecular weight is 261 g/mol. The summed E-state index contributed by atoms with van der Waals surface area (Å²) >= 11 is 2.16. The molecule has 1 rings (SSSR count). The normalized spacial score (nSPS) is 11.5. The molecule has 0 fully saturated rings. The van der Waals surface area contributed by atoms with Crippen LogP contribution in [0.25, 0.3) is 0 Å². The van der Waals surface area contributed by atoms with Crippen LogP contribution in [-0.4, -0.2) is 15.3 Å². The minimum atomic E-state index is 0.714. The monoisotopic (exact) mass is 261 g/mol. The molecule has 1 N–H and O–H groups in total. The molecule has 0 spiro atoms. The zero-order valence-corrected chi connectivity index (χ0v) is 8.02. The highest BCUT2D eigenvalue weighted by molar-refractivity contribution is 14.1. The van der Waals surface area contributed by atoms with Crippen LogP contribution in [-0.2, 0) is 0 Å². The lowest BCUT2D eigenvalue weighted by Gasteiger charge is -1.97. The standard InChI is InChI=1S/C8H8INO/c9-6-8(10-11)7-4-2-1-3-5-7/h1-5,11H,6H2. The first kappa shape index (κ1) is 8.52. The van der Waals surface area contributed by atoms with E-state index < -0.39 is 0 Å². The van der Waals surface area contributed by atoms with Crippen LogP contribution in [0.4, 0.5) is 0 Å². The quantitative estimate of drug-likeness (QED) is 0.286. The van der Waals surface area contributed by atoms with E-state index >= 15 is 0 Å². The molecule has 0 unspecified atom stereocenters. The molecule has 0 saturated carbocycles. The van der Waals surface area contributed by atoms with Crippen molar-refractivity contribution in [3.8, 4) is 0 Å². The van der Waals surface area contributed by atoms with Crippen molar-refractivity contribution in [1.29, 1.82) is 0 Å². The van der Waals surface area contributed by atoms with Crippen molar-refractivity contribution in [1.82, 2.24) is 0 Å². The van der Waals surface area contributed by atoms with Gasteiger partial charge >= 0.3 is 0 Å². The third kappa shape index (κ3) is 2.18. The van der Waals surface area contributed by atoms with Crippen LogP contribution >= 0.6 is 22.6 Å². The van der Waals surface area contributed by atoms with E-state index in [2.05, 4.69) is 27.7 Å². The molecular formula is C8H8INO. The summed E-state index contributed by atoms with van der Waals surface area (Å²) in [6.45, 7) is 0. The molecular weight excluding hydrogens is 253 g/mol. The van der Waals surface area contributed by atoms with E-state index in [-0.39, 0.29) is 0 Å². The van der Waals surface area contributed by atoms with Crippen LogP contribution in [0.2, 0.25) is 0 Å². The number of halogens is 1. The third-order valence-corrected chi connectivity index (χ3v) is 2.08. The Labute approximate surface area is 79.1 Å². The molecule has 0 aliphatic heterocycles. The lowest BCUT2D eigenvalue weighted by molar-refractivity contribution is 0.319. The smallest absolute Gasteiger partial charge is 0.0964 e. The Morgan fingerprint density at radius 1 is 1.36 bits per heavy atom. The summed E-state index contributed by atoms with van der Waals surface area (Å²) in [5.41, 5.74) is 1.69. The lowest BCUT2D eigenvalue weighted by atomic mass is 10.1. The second kappa shape index (κ2) is 4.33. The first-order valence-corrected chi connectivity index (χ1v) is 4.73. The maximum atomic E-state index is 8.56. The summed E-state index contributed by atoms with van der Waals surface area (Å²) in [4.78, 5) is 0. The van der Waals surface area contributed by atoms with E-state index in [9.17, 15) is 0 Å². The van der Waals surface area contributed by atoms with Crippen LogP contribution in [0, 0.1) is 0 Å². The van der Waals surface area contributed by atoms with Crippen molar-refractivity contribution in [2.24, 2.45) is 5.16 Å². The highest BCUT2D eigenvalue weighted by Gasteiger charge is 1.99. The Balaban J connectivity index is 2.92. The van der Waals surface area contributed by atoms with Gasteiger partial charge in [-0.05, 0) is 0 Å². The third-order valence-electron chi connectivity index (χ3n) is 1.35. The van der Waals surface area contributed by atoms with E-state index in [1.54, 1.807) is 0 Å². The summed E-state index contributed by atoms with van der Waals surface area (Å²) in [5.74, 6) is 0. The molecule has 0 heterocycles. The molecule has 0 radical (unpaired) electrons. The van der Waals surface area contributed by atoms with Crippen LogP contribution in [0.5, 0.6) is 0 Å². The van der Waals surface area contributed by atoms with Crippen molar-refractivity contribution >= 4 is 28.3 Å². The molecule has 2 nitrogen and oxygen atoms in total. The fourth-order valence-corrected chi connectivity index (χ4v) is 1.39. The molecule has 58 valence electrons. The van der Waals surface area contributed by atoms with Gasteiger partial charge in [0, 0.05) is 9.99 Å². The molecule has 0 atom stereocenters. The Hall–Kier alpha value is -0.580. The molecule has 0 bridgehead atoms. The fraction of sp³-hybridized carbons (Fsp3) is 0.125. The van der Waals surface area contributed by atoms with Gasteiger partial charge in [0.2, 0.25) is 0 Å². The van der Waals surface area contributed by atoms with E-state index in [4.69, 9.17) is 5.21 Å². The summed E-state index contributed by atoms with van der Waals surface area (Å²) in [5, 5.41) is 11.7. The van der Waals surface area contributed by atoms with Crippen molar-refractivity contribution in [2.75, 3.05) is 4.43 Å². The molecule has 3 heteroatoms. The molecule has 0 aliphatic carbocycles. The van der Waals surface area contributed by atoms with Gasteiger partial charge in [0.15, 0.2) is 0 Å². The average Bonchev–Trinajstić information content (AvgIpc) is 2.09. The number of rotatable bonds is 2. The molecule has 0 aromatic heterocycles. The summed E-state index contributed by atoms with van der Waals surface area (Å²) < 4.78 is 0.721. The van der Waals surface area contributed by atoms with Gasteiger partial charge in [-0.25, -0.2) is 0 Å². The Bertz CT molecular complexity index is 246. The second-order valence-electron chi connectivity index (χ2n) is 2.05. The summed E-state index contributed by atoms with van der Waals surface area (Å²) in [7, 11) is 0. The summed E-state index contributed by atoms with van der Waals surface area (Å²) in [6, 6.07) is 9.63. The number of hydrogen-bond acceptors (Lipinski definition) is 2. The first-order valence-electron chi connectivity index (χ1n) is 3.21. The largest absolute Gasteiger partial charge is 0.411 e. The number of oxime groups is 1. The van der Waals surface area contributed by atoms with Crippen LogP contribution in [0.3, 0.4) is 0 Å². The van der Waals surface area contributed by atoms with Gasteiger partial charge in [0.05, 0.1) is 5.71 Å². The molecule has 0 amide bonds. The number of alkyl halides is 1. The van der Waals surface area contributed by atoms with Gasteiger partial charge < -0.3 is 5.21 Å². The highest BCUT2D eigenvalue weighted by Crippen LogP contribution is 2.02. The minimum absolute atomic E-state index is 0.714. The van der Waals surface area contributed by atoms with Crippen molar-refractivity contribution in [3.63, 3.8) is 0 Å². The predicted octanol–water partition coefficient (Wildman–Crippen LogP) is 2.30. The maximum Gasteiger partial charge on any atom is 0.0964 e. The minimum Gasteiger partial charge on any atom is -0.411 e. The highest BCUT2D eigenvalue weighted by atomic mass is 127. The van der Waals surface area contributed by atoms with E-state index in [0.29, 0.717) is 5.71 Å². The van der Waals surface area contributed by atoms with Gasteiger partial charge in [0.1, 0.15) is 0 Å². The van der Waals surface area contributed by atoms with Crippen LogP contribution in [0.15, 0.2) is 35.5 Å². The van der Waals surface area contributed by atoms with E-state index in [1.807, 2.05) is 30.3 Å². The molecule has 1 aromatic carbocycles. The molecule has 0 aliphatic rings. The molecule has 11 heavy (non-hydrogen) atoms. The van der Waals surface area contributed by atoms with E-state index in [0.717, 1.165) is 9.99 Å². The van der Waals surface area contributed by atoms with Crippen LogP contribution in [0.1, 0.15) is 5.56 Å². The Morgan fingerprint density at radius 3 is 2.45 bits per heavy atom. The van der Waals surface area contributed by atoms with Gasteiger partial charge in [0.25, 0.3) is 0 Å². The fourth-order valence-electron chi connectivity index (χ4n) is 0.792. The van der Waals surface area contributed by atoms with E-state index in [1.165, 1.54) is 0 Å². The van der Waals surface area contributed by atoms with Crippen molar-refractivity contribution in [3.05, 3.63) is 35.9 Å². The van der Waals surface area contributed by atoms with Gasteiger partial charge in [-0.1, -0.05) is 58.1 Å². The SMILES string of the molecule is ON=C(CI)c1ccccc1. The van der Waals surface area contributed by atoms with Gasteiger partial charge in [-0.3, -0.25) is 0 Å². The first-order chi connectivity index (χ1) is 5.38. The van der Waals surface area contributed by atoms with Crippen LogP contribution < -0.4 is 0 Å². The predicted molar refractivity (Wildman–Crippen MR) is 53.7 cm³/mol. The Kier molecular flexibility index (Phi) is 3.35. The second-order valence-corrected chi connectivity index (χ2v) is 2.81. The maximum absolute atomic E-state index is 8.56. The molecule has 1 aromatic rings. The lowest BCUT2D eigenvalue weighted by Crippen LogP contribution is -2.00. The Morgan fingerprint density at radius 2 is 2.00 bits per heavy atom. The number of nitrogens with zero attached hydrogens (tertiary/aromatic N) is 1. The number of benzene rings is 1. The number of hydrogen-bond donors (Lipinski definition) is 1. The van der Waals surface area contributed by atoms with Gasteiger partial charge in [-0.15, -0.1) is 0 Å². The zero-order valence-electron chi connectivity index (χ0n) is 5.87. The van der Waals surface area contributed by atoms with Crippen molar-refractivity contribution in [2.45, 2.75) is 0 Å². The summed E-state index contributed by atoms with van der Waals surface area (Å²) in [6.07, 6.45) is 0. The molecule has 0 saturated heterocycles. The zero-order chi connectivity index (χ0) is 8.10.